The van der Waals surface area contributed by atoms with Gasteiger partial charge < -0.3 is 0 Å². The third-order valence-corrected chi connectivity index (χ3v) is 31.8. The fraction of sp³-hybridized carbons (Fsp3) is 0.138. The molecule has 6 aliphatic rings. The lowest BCUT2D eigenvalue weighted by Gasteiger charge is -2.23. The maximum atomic E-state index is 2.51. The summed E-state index contributed by atoms with van der Waals surface area (Å²) in [5.74, 6) is 0. The fourth-order valence-corrected chi connectivity index (χ4v) is 24.9. The molecule has 620 valence electrons. The van der Waals surface area contributed by atoms with Crippen molar-refractivity contribution < 1.29 is 0 Å². The minimum Gasteiger partial charge on any atom is -0.0619 e. The lowest BCUT2D eigenvalue weighted by atomic mass is 9.80. The van der Waals surface area contributed by atoms with Crippen LogP contribution in [0.15, 0.2) is 388 Å². The average Bonchev–Trinajstić information content (AvgIpc) is 1.31. The summed E-state index contributed by atoms with van der Waals surface area (Å²) in [6.07, 6.45) is 0. The van der Waals surface area contributed by atoms with Crippen LogP contribution in [0.1, 0.15) is 150 Å². The molecule has 0 bridgehead atoms. The van der Waals surface area contributed by atoms with Crippen molar-refractivity contribution in [1.82, 2.24) is 0 Å². The smallest absolute Gasteiger partial charge is 0.0159 e. The number of fused-ring (bicyclic) bond motifs is 22. The molecule has 0 N–H and O–H groups in total. The van der Waals surface area contributed by atoms with Crippen LogP contribution in [0.4, 0.5) is 0 Å². The van der Waals surface area contributed by atoms with Crippen molar-refractivity contribution in [3.8, 4) is 156 Å². The second-order valence-electron chi connectivity index (χ2n) is 40.9. The van der Waals surface area contributed by atoms with Crippen LogP contribution in [-0.2, 0) is 32.5 Å². The Balaban J connectivity index is 0.000000140. The molecule has 20 aromatic carbocycles. The lowest BCUT2D eigenvalue weighted by molar-refractivity contribution is 0.660. The molecule has 0 nitrogen and oxygen atoms in total. The summed E-state index contributed by atoms with van der Waals surface area (Å²) in [6.45, 7) is 28.5. The molecule has 26 rings (SSSR count). The Morgan fingerprint density at radius 2 is 0.285 bits per heavy atom. The summed E-state index contributed by atoms with van der Waals surface area (Å²) in [4.78, 5) is 0. The van der Waals surface area contributed by atoms with E-state index in [9.17, 15) is 0 Å². The van der Waals surface area contributed by atoms with Gasteiger partial charge in [-0.25, -0.2) is 0 Å². The second-order valence-corrected chi connectivity index (χ2v) is 40.9. The largest absolute Gasteiger partial charge is 0.0619 e. The van der Waals surface area contributed by atoms with Gasteiger partial charge in [-0.15, -0.1) is 0 Å². The average molecular weight is 1660 g/mol. The van der Waals surface area contributed by atoms with Gasteiger partial charge in [0.1, 0.15) is 0 Å². The molecule has 20 aromatic rings. The Hall–Kier alpha value is -14.6. The van der Waals surface area contributed by atoms with Gasteiger partial charge in [-0.3, -0.25) is 0 Å². The van der Waals surface area contributed by atoms with Crippen LogP contribution < -0.4 is 0 Å². The summed E-state index contributed by atoms with van der Waals surface area (Å²) in [5.41, 5.74) is 52.6. The van der Waals surface area contributed by atoms with E-state index >= 15 is 0 Å². The molecule has 0 aliphatic heterocycles. The van der Waals surface area contributed by atoms with Crippen LogP contribution in [0.5, 0.6) is 0 Å². The Morgan fingerprint density at radius 1 is 0.108 bits per heavy atom. The van der Waals surface area contributed by atoms with E-state index in [1.807, 2.05) is 0 Å². The van der Waals surface area contributed by atoms with Crippen molar-refractivity contribution in [2.75, 3.05) is 0 Å². The zero-order valence-corrected chi connectivity index (χ0v) is 76.0. The van der Waals surface area contributed by atoms with Crippen molar-refractivity contribution in [3.05, 3.63) is 455 Å². The van der Waals surface area contributed by atoms with E-state index in [1.165, 1.54) is 266 Å². The monoisotopic (exact) mass is 1660 g/mol. The standard InChI is InChI=1S/2C65H50/c1-63(2)55-23-12-9-18-45(55)48-30-26-41(36-58(48)63)39-16-15-17-43(34-39)61-51-21-7-8-22-52(51)62(44-29-32-50-47-20-11-14-25-57(47)65(5,6)60(50)38-44)54-35-40(28-33-53(54)61)42-27-31-49-46-19-10-13-24-56(46)64(3,4)59(49)37-42;1-63(2)55-20-12-9-15-45(55)48-31-27-42(36-58(48)63)39-23-25-40(26-24-39)61-51-18-7-8-19-52(51)62(44-30-33-50-47-17-11-14-22-57(47)65(5,6)60(50)38-44)54-35-41(29-34-53(54)61)43-28-32-49-46-16-10-13-21-56(46)64(3,4)59(49)37-43/h2*7-38H,1-6H3. The predicted molar refractivity (Wildman–Crippen MR) is 552 cm³/mol. The first kappa shape index (κ1) is 77.8. The minimum absolute atomic E-state index is 0.0418. The van der Waals surface area contributed by atoms with E-state index < -0.39 is 0 Å². The van der Waals surface area contributed by atoms with Gasteiger partial charge in [-0.05, 0) is 320 Å². The van der Waals surface area contributed by atoms with Crippen LogP contribution in [0.2, 0.25) is 0 Å². The quantitative estimate of drug-likeness (QED) is 0.133. The van der Waals surface area contributed by atoms with E-state index in [2.05, 4.69) is 471 Å². The first-order valence-corrected chi connectivity index (χ1v) is 46.7. The Kier molecular flexibility index (Phi) is 16.7. The Labute approximate surface area is 764 Å². The SMILES string of the molecule is CC1(C)c2ccccc2-c2ccc(-c3ccc(-c4c5ccccc5c(-c5ccc6c(c5)C(C)(C)c5ccccc5-6)c5cc(-c6ccc7c(c6)C(C)(C)c6ccccc6-7)ccc45)cc3)cc21.CC1(C)c2ccccc2-c2ccc(-c3cccc(-c4c5ccccc5c(-c5ccc6c(c5)C(C)(C)c5ccccc5-6)c5cc(-c6ccc7c(c6)C(C)(C)c6ccccc6-7)ccc45)c3)cc21. The van der Waals surface area contributed by atoms with E-state index in [-0.39, 0.29) is 32.5 Å². The molecular weight excluding hydrogens is 1560 g/mol. The van der Waals surface area contributed by atoms with Crippen LogP contribution in [0, 0.1) is 0 Å². The molecule has 0 atom stereocenters. The van der Waals surface area contributed by atoms with E-state index in [1.54, 1.807) is 0 Å². The first-order chi connectivity index (χ1) is 63.0. The van der Waals surface area contributed by atoms with E-state index in [0.29, 0.717) is 0 Å². The van der Waals surface area contributed by atoms with Gasteiger partial charge in [0.05, 0.1) is 0 Å². The fourth-order valence-electron chi connectivity index (χ4n) is 24.9. The molecule has 0 heterocycles. The van der Waals surface area contributed by atoms with Gasteiger partial charge in [0.15, 0.2) is 0 Å². The maximum absolute atomic E-state index is 2.51. The molecule has 0 saturated carbocycles. The molecule has 0 fully saturated rings. The second kappa shape index (κ2) is 28.0. The van der Waals surface area contributed by atoms with Crippen molar-refractivity contribution in [2.24, 2.45) is 0 Å². The number of rotatable bonds is 8. The molecule has 0 unspecified atom stereocenters. The van der Waals surface area contributed by atoms with Gasteiger partial charge in [-0.2, -0.15) is 0 Å². The Morgan fingerprint density at radius 3 is 0.585 bits per heavy atom. The highest BCUT2D eigenvalue weighted by atomic mass is 14.5. The summed E-state index contributed by atoms with van der Waals surface area (Å²) in [5, 5.41) is 10.2. The first-order valence-electron chi connectivity index (χ1n) is 46.7. The molecular formula is C130H100. The van der Waals surface area contributed by atoms with Crippen molar-refractivity contribution in [3.63, 3.8) is 0 Å². The van der Waals surface area contributed by atoms with E-state index in [4.69, 9.17) is 0 Å². The molecule has 0 spiro atoms. The Bertz CT molecular complexity index is 8320. The number of hydrogen-bond acceptors (Lipinski definition) is 0. The van der Waals surface area contributed by atoms with Gasteiger partial charge in [-0.1, -0.05) is 417 Å². The highest BCUT2D eigenvalue weighted by Crippen LogP contribution is 2.59. The zero-order chi connectivity index (χ0) is 88.0. The summed E-state index contributed by atoms with van der Waals surface area (Å²) in [7, 11) is 0. The van der Waals surface area contributed by atoms with Gasteiger partial charge in [0, 0.05) is 32.5 Å². The van der Waals surface area contributed by atoms with Crippen LogP contribution in [0.3, 0.4) is 0 Å². The highest BCUT2D eigenvalue weighted by Gasteiger charge is 2.42. The molecule has 0 radical (unpaired) electrons. The van der Waals surface area contributed by atoms with Crippen molar-refractivity contribution >= 4 is 43.1 Å². The minimum atomic E-state index is -0.108. The zero-order valence-electron chi connectivity index (χ0n) is 76.0. The molecule has 130 heavy (non-hydrogen) atoms. The topological polar surface area (TPSA) is 0 Å². The normalized spacial score (nSPS) is 15.3. The van der Waals surface area contributed by atoms with Crippen LogP contribution in [0.25, 0.3) is 199 Å². The van der Waals surface area contributed by atoms with Gasteiger partial charge in [0.25, 0.3) is 0 Å². The van der Waals surface area contributed by atoms with Crippen LogP contribution >= 0.6 is 0 Å². The predicted octanol–water partition coefficient (Wildman–Crippen LogP) is 35.2. The highest BCUT2D eigenvalue weighted by molar-refractivity contribution is 6.24. The molecule has 0 amide bonds. The number of hydrogen-bond donors (Lipinski definition) is 0. The molecule has 6 aliphatic carbocycles. The summed E-state index contributed by atoms with van der Waals surface area (Å²) < 4.78 is 0. The van der Waals surface area contributed by atoms with Crippen molar-refractivity contribution in [2.45, 2.75) is 116 Å². The third-order valence-electron chi connectivity index (χ3n) is 31.8. The van der Waals surface area contributed by atoms with Crippen molar-refractivity contribution in [1.29, 1.82) is 0 Å². The lowest BCUT2D eigenvalue weighted by Crippen LogP contribution is -2.15. The number of benzene rings is 20. The van der Waals surface area contributed by atoms with Crippen LogP contribution in [-0.4, -0.2) is 0 Å². The molecule has 0 saturated heterocycles. The summed E-state index contributed by atoms with van der Waals surface area (Å²) >= 11 is 0. The van der Waals surface area contributed by atoms with Gasteiger partial charge in [0.2, 0.25) is 0 Å². The van der Waals surface area contributed by atoms with E-state index in [0.717, 1.165) is 0 Å². The summed E-state index contributed by atoms with van der Waals surface area (Å²) in [6, 6.07) is 148. The maximum Gasteiger partial charge on any atom is 0.0159 e. The molecule has 0 aromatic heterocycles. The third kappa shape index (κ3) is 11.2. The molecule has 0 heteroatoms. The van der Waals surface area contributed by atoms with Gasteiger partial charge >= 0.3 is 0 Å².